The lowest BCUT2D eigenvalue weighted by molar-refractivity contribution is 0.102. The number of ketones is 1. The second kappa shape index (κ2) is 9.06. The molecule has 0 radical (unpaired) electrons. The Kier molecular flexibility index (Phi) is 5.59. The molecule has 6 aromatic heterocycles. The number of carbonyl (C=O) groups is 1. The highest BCUT2D eigenvalue weighted by molar-refractivity contribution is 7.17. The summed E-state index contributed by atoms with van der Waals surface area (Å²) in [4.78, 5) is 35.0. The number of Topliss-reactive ketones (excluding diaryl/α,β-unsaturated/α-hetero) is 1. The molecule has 9 nitrogen and oxygen atoms in total. The SMILES string of the molecule is CCNCc1cncc(-c2cnc3[nH]nc(-c4nc5c(-c6ccc(C(C)=O)s6)cncc5[nH]4)c3c2)c1. The van der Waals surface area contributed by atoms with Crippen molar-refractivity contribution in [2.24, 2.45) is 0 Å². The summed E-state index contributed by atoms with van der Waals surface area (Å²) < 4.78 is 0. The van der Waals surface area contributed by atoms with E-state index in [4.69, 9.17) is 4.98 Å². The van der Waals surface area contributed by atoms with Crippen molar-refractivity contribution >= 4 is 39.2 Å². The van der Waals surface area contributed by atoms with Crippen LogP contribution in [0.5, 0.6) is 0 Å². The number of thiophene rings is 1. The lowest BCUT2D eigenvalue weighted by atomic mass is 10.1. The first kappa shape index (κ1) is 22.2. The van der Waals surface area contributed by atoms with Crippen LogP contribution in [0, 0.1) is 0 Å². The van der Waals surface area contributed by atoms with Gasteiger partial charge in [0.15, 0.2) is 17.3 Å². The number of imidazole rings is 1. The van der Waals surface area contributed by atoms with Crippen LogP contribution in [0.3, 0.4) is 0 Å². The number of carbonyl (C=O) groups excluding carboxylic acids is 1. The van der Waals surface area contributed by atoms with Crippen molar-refractivity contribution in [1.29, 1.82) is 0 Å². The van der Waals surface area contributed by atoms with Crippen LogP contribution in [0.25, 0.3) is 55.2 Å². The van der Waals surface area contributed by atoms with E-state index in [0.29, 0.717) is 22.0 Å². The van der Waals surface area contributed by atoms with E-state index in [2.05, 4.69) is 54.5 Å². The van der Waals surface area contributed by atoms with E-state index in [-0.39, 0.29) is 5.78 Å². The first-order chi connectivity index (χ1) is 17.6. The van der Waals surface area contributed by atoms with Crippen molar-refractivity contribution in [3.05, 3.63) is 65.7 Å². The van der Waals surface area contributed by atoms with Crippen molar-refractivity contribution < 1.29 is 4.79 Å². The third-order valence-electron chi connectivity index (χ3n) is 5.96. The summed E-state index contributed by atoms with van der Waals surface area (Å²) in [7, 11) is 0. The number of rotatable bonds is 7. The molecule has 10 heteroatoms. The van der Waals surface area contributed by atoms with E-state index in [0.717, 1.165) is 56.6 Å². The maximum absolute atomic E-state index is 11.8. The third-order valence-corrected chi connectivity index (χ3v) is 7.18. The summed E-state index contributed by atoms with van der Waals surface area (Å²) in [5, 5.41) is 11.7. The Balaban J connectivity index is 1.42. The number of nitrogens with one attached hydrogen (secondary N) is 3. The van der Waals surface area contributed by atoms with Gasteiger partial charge in [0.2, 0.25) is 0 Å². The van der Waals surface area contributed by atoms with E-state index >= 15 is 0 Å². The Morgan fingerprint density at radius 1 is 1.06 bits per heavy atom. The summed E-state index contributed by atoms with van der Waals surface area (Å²) >= 11 is 1.44. The highest BCUT2D eigenvalue weighted by Gasteiger charge is 2.18. The molecule has 6 heterocycles. The highest BCUT2D eigenvalue weighted by atomic mass is 32.1. The molecule has 0 unspecified atom stereocenters. The van der Waals surface area contributed by atoms with Crippen LogP contribution < -0.4 is 5.32 Å². The second-order valence-electron chi connectivity index (χ2n) is 8.44. The molecule has 0 aliphatic rings. The standard InChI is InChI=1S/C26H22N8OS/c1-3-27-8-15-6-16(10-28-9-15)17-7-18-24(33-34-25(18)30-11-17)26-31-20-13-29-12-19(23(20)32-26)22-5-4-21(36-22)14(2)35/h4-7,9-13,27H,3,8H2,1-2H3,(H,31,32)(H,30,33,34). The van der Waals surface area contributed by atoms with E-state index in [1.165, 1.54) is 11.3 Å². The number of aromatic amines is 2. The van der Waals surface area contributed by atoms with Crippen molar-refractivity contribution in [2.75, 3.05) is 6.54 Å². The average Bonchev–Trinajstić information content (AvgIpc) is 3.64. The lowest BCUT2D eigenvalue weighted by Crippen LogP contribution is -2.11. The Hall–Kier alpha value is -4.28. The van der Waals surface area contributed by atoms with E-state index in [1.54, 1.807) is 19.3 Å². The third kappa shape index (κ3) is 3.96. The second-order valence-corrected chi connectivity index (χ2v) is 9.53. The predicted molar refractivity (Wildman–Crippen MR) is 141 cm³/mol. The van der Waals surface area contributed by atoms with Gasteiger partial charge in [-0.2, -0.15) is 5.10 Å². The molecule has 3 N–H and O–H groups in total. The number of nitrogens with zero attached hydrogens (tertiary/aromatic N) is 5. The van der Waals surface area contributed by atoms with Gasteiger partial charge in [-0.15, -0.1) is 11.3 Å². The summed E-state index contributed by atoms with van der Waals surface area (Å²) in [6, 6.07) is 7.95. The van der Waals surface area contributed by atoms with Gasteiger partial charge >= 0.3 is 0 Å². The van der Waals surface area contributed by atoms with E-state index < -0.39 is 0 Å². The van der Waals surface area contributed by atoms with Crippen LogP contribution in [-0.4, -0.2) is 47.4 Å². The van der Waals surface area contributed by atoms with Gasteiger partial charge < -0.3 is 10.3 Å². The average molecular weight is 495 g/mol. The molecule has 0 aromatic carbocycles. The van der Waals surface area contributed by atoms with Crippen molar-refractivity contribution in [1.82, 2.24) is 40.4 Å². The minimum atomic E-state index is 0.0442. The fraction of sp³-hybridized carbons (Fsp3) is 0.154. The van der Waals surface area contributed by atoms with Crippen molar-refractivity contribution in [3.8, 4) is 33.1 Å². The predicted octanol–water partition coefficient (Wildman–Crippen LogP) is 5.00. The molecular formula is C26H22N8OS. The summed E-state index contributed by atoms with van der Waals surface area (Å²) in [5.41, 5.74) is 6.84. The number of aromatic nitrogens is 7. The summed E-state index contributed by atoms with van der Waals surface area (Å²) in [6.07, 6.45) is 9.05. The largest absolute Gasteiger partial charge is 0.335 e. The van der Waals surface area contributed by atoms with E-state index in [9.17, 15) is 4.79 Å². The number of pyridine rings is 3. The molecule has 0 spiro atoms. The summed E-state index contributed by atoms with van der Waals surface area (Å²) in [6.45, 7) is 5.31. The monoisotopic (exact) mass is 494 g/mol. The fourth-order valence-electron chi connectivity index (χ4n) is 4.15. The smallest absolute Gasteiger partial charge is 0.169 e. The van der Waals surface area contributed by atoms with Gasteiger partial charge in [0.25, 0.3) is 0 Å². The number of fused-ring (bicyclic) bond motifs is 2. The topological polar surface area (TPSA) is 125 Å². The minimum absolute atomic E-state index is 0.0442. The minimum Gasteiger partial charge on any atom is -0.335 e. The Morgan fingerprint density at radius 2 is 1.92 bits per heavy atom. The van der Waals surface area contributed by atoms with Crippen LogP contribution in [0.4, 0.5) is 0 Å². The zero-order valence-electron chi connectivity index (χ0n) is 19.7. The molecule has 0 amide bonds. The molecule has 0 saturated carbocycles. The first-order valence-corrected chi connectivity index (χ1v) is 12.4. The Bertz CT molecular complexity index is 1730. The number of hydrogen-bond donors (Lipinski definition) is 3. The van der Waals surface area contributed by atoms with Gasteiger partial charge in [0, 0.05) is 52.9 Å². The zero-order valence-corrected chi connectivity index (χ0v) is 20.5. The fourth-order valence-corrected chi connectivity index (χ4v) is 5.06. The van der Waals surface area contributed by atoms with E-state index in [1.807, 2.05) is 30.7 Å². The molecule has 0 atom stereocenters. The van der Waals surface area contributed by atoms with Crippen LogP contribution in [0.1, 0.15) is 29.1 Å². The highest BCUT2D eigenvalue weighted by Crippen LogP contribution is 2.35. The molecule has 6 rings (SSSR count). The molecule has 0 fully saturated rings. The molecule has 0 aliphatic heterocycles. The van der Waals surface area contributed by atoms with Crippen molar-refractivity contribution in [3.63, 3.8) is 0 Å². The van der Waals surface area contributed by atoms with Crippen LogP contribution in [0.2, 0.25) is 0 Å². The number of hydrogen-bond acceptors (Lipinski definition) is 8. The van der Waals surface area contributed by atoms with Crippen LogP contribution >= 0.6 is 11.3 Å². The van der Waals surface area contributed by atoms with Gasteiger partial charge in [-0.25, -0.2) is 9.97 Å². The number of H-pyrrole nitrogens is 2. The van der Waals surface area contributed by atoms with Gasteiger partial charge in [-0.3, -0.25) is 19.9 Å². The zero-order chi connectivity index (χ0) is 24.6. The maximum Gasteiger partial charge on any atom is 0.169 e. The normalized spacial score (nSPS) is 11.5. The van der Waals surface area contributed by atoms with Crippen LogP contribution in [0.15, 0.2) is 55.2 Å². The molecule has 0 bridgehead atoms. The molecule has 6 aromatic rings. The molecule has 36 heavy (non-hydrogen) atoms. The summed E-state index contributed by atoms with van der Waals surface area (Å²) in [5.74, 6) is 0.662. The molecular weight excluding hydrogens is 472 g/mol. The van der Waals surface area contributed by atoms with Gasteiger partial charge in [-0.05, 0) is 43.3 Å². The van der Waals surface area contributed by atoms with Crippen molar-refractivity contribution in [2.45, 2.75) is 20.4 Å². The van der Waals surface area contributed by atoms with Gasteiger partial charge in [0.1, 0.15) is 11.2 Å². The van der Waals surface area contributed by atoms with Crippen LogP contribution in [-0.2, 0) is 6.54 Å². The maximum atomic E-state index is 11.8. The molecule has 0 saturated heterocycles. The molecule has 0 aliphatic carbocycles. The lowest BCUT2D eigenvalue weighted by Gasteiger charge is -2.05. The van der Waals surface area contributed by atoms with Gasteiger partial charge in [0.05, 0.1) is 22.0 Å². The Labute approximate surface area is 210 Å². The molecule has 178 valence electrons. The Morgan fingerprint density at radius 3 is 2.75 bits per heavy atom. The first-order valence-electron chi connectivity index (χ1n) is 11.5. The van der Waals surface area contributed by atoms with Gasteiger partial charge in [-0.1, -0.05) is 6.92 Å². The quantitative estimate of drug-likeness (QED) is 0.267.